The minimum Gasteiger partial charge on any atom is -0.497 e. The number of anilines is 2. The van der Waals surface area contributed by atoms with Crippen LogP contribution in [0, 0.1) is 0 Å². The van der Waals surface area contributed by atoms with Crippen LogP contribution in [0.25, 0.3) is 0 Å². The van der Waals surface area contributed by atoms with Gasteiger partial charge in [0.15, 0.2) is 0 Å². The molecule has 3 amide bonds. The zero-order valence-corrected chi connectivity index (χ0v) is 16.3. The summed E-state index contributed by atoms with van der Waals surface area (Å²) in [5.74, 6) is 0.593. The van der Waals surface area contributed by atoms with Gasteiger partial charge in [0.05, 0.1) is 30.9 Å². The summed E-state index contributed by atoms with van der Waals surface area (Å²) in [6.07, 6.45) is 0.0747. The van der Waals surface area contributed by atoms with Crippen LogP contribution in [0.2, 0.25) is 0 Å². The zero-order chi connectivity index (χ0) is 20.1. The maximum atomic E-state index is 12.6. The fourth-order valence-electron chi connectivity index (χ4n) is 2.78. The van der Waals surface area contributed by atoms with Crippen LogP contribution < -0.4 is 19.7 Å². The Balaban J connectivity index is 1.56. The first-order valence-electron chi connectivity index (χ1n) is 8.58. The van der Waals surface area contributed by atoms with Gasteiger partial charge >= 0.3 is 0 Å². The molecule has 0 radical (unpaired) electrons. The zero-order valence-electron chi connectivity index (χ0n) is 15.5. The van der Waals surface area contributed by atoms with Gasteiger partial charge in [-0.1, -0.05) is 0 Å². The first-order chi connectivity index (χ1) is 13.5. The molecule has 1 N–H and O–H groups in total. The smallest absolute Gasteiger partial charge is 0.247 e. The van der Waals surface area contributed by atoms with E-state index in [0.717, 1.165) is 11.8 Å². The van der Waals surface area contributed by atoms with Crippen LogP contribution in [0.5, 0.6) is 11.5 Å². The summed E-state index contributed by atoms with van der Waals surface area (Å²) in [6, 6.07) is 13.7. The van der Waals surface area contributed by atoms with Crippen LogP contribution in [0.4, 0.5) is 11.4 Å². The molecular weight excluding hydrogens is 380 g/mol. The molecule has 0 saturated carbocycles. The molecule has 3 rings (SSSR count). The molecule has 1 fully saturated rings. The molecule has 2 aromatic rings. The van der Waals surface area contributed by atoms with E-state index in [2.05, 4.69) is 5.32 Å². The number of hydrogen-bond donors (Lipinski definition) is 1. The summed E-state index contributed by atoms with van der Waals surface area (Å²) in [5.41, 5.74) is 1.14. The molecule has 146 valence electrons. The third kappa shape index (κ3) is 4.45. The van der Waals surface area contributed by atoms with Gasteiger partial charge in [-0.25, -0.2) is 4.90 Å². The monoisotopic (exact) mass is 400 g/mol. The van der Waals surface area contributed by atoms with E-state index in [1.165, 1.54) is 4.90 Å². The number of nitrogens with one attached hydrogen (secondary N) is 1. The summed E-state index contributed by atoms with van der Waals surface area (Å²) >= 11 is 1.16. The van der Waals surface area contributed by atoms with E-state index in [4.69, 9.17) is 9.47 Å². The number of benzene rings is 2. The Morgan fingerprint density at radius 3 is 2.18 bits per heavy atom. The van der Waals surface area contributed by atoms with E-state index in [9.17, 15) is 14.4 Å². The van der Waals surface area contributed by atoms with Crippen molar-refractivity contribution in [1.82, 2.24) is 0 Å². The Bertz CT molecular complexity index is 867. The molecule has 1 aliphatic rings. The molecule has 0 aromatic heterocycles. The molecule has 28 heavy (non-hydrogen) atoms. The quantitative estimate of drug-likeness (QED) is 0.720. The summed E-state index contributed by atoms with van der Waals surface area (Å²) in [7, 11) is 3.12. The van der Waals surface area contributed by atoms with Crippen molar-refractivity contribution in [3.8, 4) is 11.5 Å². The van der Waals surface area contributed by atoms with Gasteiger partial charge in [-0.05, 0) is 48.5 Å². The van der Waals surface area contributed by atoms with Crippen LogP contribution in [-0.2, 0) is 14.4 Å². The number of methoxy groups -OCH3 is 2. The van der Waals surface area contributed by atoms with Gasteiger partial charge in [0.25, 0.3) is 0 Å². The van der Waals surface area contributed by atoms with Crippen molar-refractivity contribution in [3.05, 3.63) is 48.5 Å². The van der Waals surface area contributed by atoms with E-state index in [0.29, 0.717) is 22.9 Å². The first-order valence-corrected chi connectivity index (χ1v) is 9.63. The lowest BCUT2D eigenvalue weighted by atomic mass is 10.3. The normalized spacial score (nSPS) is 16.2. The number of thioether (sulfide) groups is 1. The van der Waals surface area contributed by atoms with E-state index in [-0.39, 0.29) is 29.9 Å². The first kappa shape index (κ1) is 19.8. The van der Waals surface area contributed by atoms with Crippen molar-refractivity contribution in [2.75, 3.05) is 30.2 Å². The average Bonchev–Trinajstić information content (AvgIpc) is 3.00. The highest BCUT2D eigenvalue weighted by Crippen LogP contribution is 2.30. The summed E-state index contributed by atoms with van der Waals surface area (Å²) < 4.78 is 10.2. The highest BCUT2D eigenvalue weighted by molar-refractivity contribution is 8.01. The van der Waals surface area contributed by atoms with Crippen molar-refractivity contribution in [3.63, 3.8) is 0 Å². The van der Waals surface area contributed by atoms with Crippen LogP contribution in [0.1, 0.15) is 6.42 Å². The highest BCUT2D eigenvalue weighted by atomic mass is 32.2. The summed E-state index contributed by atoms with van der Waals surface area (Å²) in [5, 5.41) is 2.19. The van der Waals surface area contributed by atoms with Crippen LogP contribution in [-0.4, -0.2) is 42.9 Å². The lowest BCUT2D eigenvalue weighted by Gasteiger charge is -2.15. The van der Waals surface area contributed by atoms with Crippen molar-refractivity contribution in [2.24, 2.45) is 0 Å². The summed E-state index contributed by atoms with van der Waals surface area (Å²) in [6.45, 7) is 0. The number of ether oxygens (including phenoxy) is 2. The van der Waals surface area contributed by atoms with Gasteiger partial charge in [-0.15, -0.1) is 11.8 Å². The third-order valence-electron chi connectivity index (χ3n) is 4.23. The standard InChI is InChI=1S/C20H20N2O5S/c1-26-15-7-3-13(4-8-15)21-18(23)12-28-17-11-19(24)22(20(17)25)14-5-9-16(27-2)10-6-14/h3-10,17H,11-12H2,1-2H3,(H,21,23)/t17-/m1/s1. The van der Waals surface area contributed by atoms with Gasteiger partial charge in [0, 0.05) is 12.1 Å². The van der Waals surface area contributed by atoms with Crippen molar-refractivity contribution >= 4 is 40.9 Å². The number of hydrogen-bond acceptors (Lipinski definition) is 6. The molecule has 1 heterocycles. The minimum atomic E-state index is -0.573. The van der Waals surface area contributed by atoms with Crippen LogP contribution >= 0.6 is 11.8 Å². The van der Waals surface area contributed by atoms with Crippen molar-refractivity contribution < 1.29 is 23.9 Å². The highest BCUT2D eigenvalue weighted by Gasteiger charge is 2.40. The fourth-order valence-corrected chi connectivity index (χ4v) is 3.72. The van der Waals surface area contributed by atoms with Gasteiger partial charge in [0.2, 0.25) is 17.7 Å². The van der Waals surface area contributed by atoms with Crippen molar-refractivity contribution in [1.29, 1.82) is 0 Å². The summed E-state index contributed by atoms with van der Waals surface area (Å²) in [4.78, 5) is 38.2. The number of carbonyl (C=O) groups is 3. The SMILES string of the molecule is COc1ccc(NC(=O)CS[C@@H]2CC(=O)N(c3ccc(OC)cc3)C2=O)cc1. The molecule has 0 bridgehead atoms. The fraction of sp³-hybridized carbons (Fsp3) is 0.250. The maximum absolute atomic E-state index is 12.6. The van der Waals surface area contributed by atoms with E-state index in [1.54, 1.807) is 62.8 Å². The average molecular weight is 400 g/mol. The van der Waals surface area contributed by atoms with E-state index >= 15 is 0 Å². The lowest BCUT2D eigenvalue weighted by Crippen LogP contribution is -2.31. The van der Waals surface area contributed by atoms with E-state index in [1.807, 2.05) is 0 Å². The van der Waals surface area contributed by atoms with Gasteiger partial charge in [-0.2, -0.15) is 0 Å². The Morgan fingerprint density at radius 2 is 1.61 bits per heavy atom. The third-order valence-corrected chi connectivity index (χ3v) is 5.42. The molecule has 2 aromatic carbocycles. The number of amides is 3. The molecule has 1 atom stereocenters. The predicted molar refractivity (Wildman–Crippen MR) is 108 cm³/mol. The van der Waals surface area contributed by atoms with Crippen molar-refractivity contribution in [2.45, 2.75) is 11.7 Å². The Morgan fingerprint density at radius 1 is 1.04 bits per heavy atom. The second-order valence-electron chi connectivity index (χ2n) is 6.05. The Kier molecular flexibility index (Phi) is 6.20. The Labute approximate surface area is 167 Å². The molecule has 0 aliphatic carbocycles. The van der Waals surface area contributed by atoms with Gasteiger partial charge < -0.3 is 14.8 Å². The number of imide groups is 1. The second-order valence-corrected chi connectivity index (χ2v) is 7.24. The topological polar surface area (TPSA) is 84.9 Å². The Hall–Kier alpha value is -3.00. The van der Waals surface area contributed by atoms with Gasteiger partial charge in [0.1, 0.15) is 11.5 Å². The van der Waals surface area contributed by atoms with Crippen LogP contribution in [0.15, 0.2) is 48.5 Å². The minimum absolute atomic E-state index is 0.0747. The maximum Gasteiger partial charge on any atom is 0.247 e. The second kappa shape index (κ2) is 8.79. The van der Waals surface area contributed by atoms with Gasteiger partial charge in [-0.3, -0.25) is 14.4 Å². The molecule has 7 nitrogen and oxygen atoms in total. The molecule has 8 heteroatoms. The van der Waals surface area contributed by atoms with Crippen LogP contribution in [0.3, 0.4) is 0 Å². The molecule has 0 spiro atoms. The predicted octanol–water partition coefficient (Wildman–Crippen LogP) is 2.71. The lowest BCUT2D eigenvalue weighted by molar-refractivity contribution is -0.121. The largest absolute Gasteiger partial charge is 0.497 e. The molecule has 1 saturated heterocycles. The molecular formula is C20H20N2O5S. The molecule has 1 aliphatic heterocycles. The number of carbonyl (C=O) groups excluding carboxylic acids is 3. The molecule has 0 unspecified atom stereocenters. The number of rotatable bonds is 7. The van der Waals surface area contributed by atoms with E-state index < -0.39 is 5.25 Å². The number of nitrogens with zero attached hydrogens (tertiary/aromatic N) is 1.